The zero-order valence-corrected chi connectivity index (χ0v) is 16.0. The Morgan fingerprint density at radius 3 is 2.53 bits per heavy atom. The number of amides is 1. The first-order chi connectivity index (χ1) is 14.5. The lowest BCUT2D eigenvalue weighted by Crippen LogP contribution is -2.12. The number of phenolic OH excluding ortho intramolecular Hbond substituents is 1. The van der Waals surface area contributed by atoms with Crippen molar-refractivity contribution < 1.29 is 28.6 Å². The van der Waals surface area contributed by atoms with E-state index in [4.69, 9.17) is 8.83 Å². The fourth-order valence-corrected chi connectivity index (χ4v) is 4.20. The van der Waals surface area contributed by atoms with E-state index >= 15 is 0 Å². The van der Waals surface area contributed by atoms with Crippen molar-refractivity contribution in [2.75, 3.05) is 5.32 Å². The number of carbonyl (C=O) groups excluding carboxylic acids is 1. The number of fused-ring (bicyclic) bond motifs is 2. The predicted octanol–water partition coefficient (Wildman–Crippen LogP) is 5.56. The summed E-state index contributed by atoms with van der Waals surface area (Å²) < 4.78 is 11.3. The molecule has 3 aromatic heterocycles. The number of phenols is 1. The van der Waals surface area contributed by atoms with Gasteiger partial charge in [-0.25, -0.2) is 4.79 Å². The number of nitrogens with one attached hydrogen (secondary N) is 1. The van der Waals surface area contributed by atoms with Crippen LogP contribution in [0, 0.1) is 0 Å². The van der Waals surface area contributed by atoms with Crippen LogP contribution >= 0.6 is 11.3 Å². The van der Waals surface area contributed by atoms with Crippen molar-refractivity contribution in [3.8, 4) is 17.1 Å². The van der Waals surface area contributed by atoms with Gasteiger partial charge in [-0.05, 0) is 36.4 Å². The minimum absolute atomic E-state index is 0.0762. The van der Waals surface area contributed by atoms with Crippen molar-refractivity contribution in [1.29, 1.82) is 0 Å². The first kappa shape index (κ1) is 18.0. The molecule has 0 aliphatic heterocycles. The second-order valence-corrected chi connectivity index (χ2v) is 7.47. The fraction of sp³-hybridized carbons (Fsp3) is 0. The third kappa shape index (κ3) is 2.99. The maximum atomic E-state index is 12.6. The molecule has 0 saturated carbocycles. The van der Waals surface area contributed by atoms with E-state index < -0.39 is 11.9 Å². The van der Waals surface area contributed by atoms with E-state index in [0.717, 1.165) is 16.7 Å². The quantitative estimate of drug-likeness (QED) is 0.351. The highest BCUT2D eigenvalue weighted by Crippen LogP contribution is 2.39. The summed E-state index contributed by atoms with van der Waals surface area (Å²) in [6, 6.07) is 15.1. The average Bonchev–Trinajstić information content (AvgIpc) is 3.43. The van der Waals surface area contributed by atoms with Gasteiger partial charge in [-0.1, -0.05) is 18.2 Å². The average molecular weight is 419 g/mol. The number of hydrogen-bond acceptors (Lipinski definition) is 6. The lowest BCUT2D eigenvalue weighted by molar-refractivity contribution is 0.0699. The molecule has 0 spiro atoms. The summed E-state index contributed by atoms with van der Waals surface area (Å²) in [6.07, 6.45) is 0. The van der Waals surface area contributed by atoms with Crippen molar-refractivity contribution in [3.63, 3.8) is 0 Å². The van der Waals surface area contributed by atoms with Crippen LogP contribution in [-0.4, -0.2) is 22.1 Å². The van der Waals surface area contributed by atoms with Crippen LogP contribution in [0.25, 0.3) is 33.3 Å². The van der Waals surface area contributed by atoms with Gasteiger partial charge in [0.05, 0.1) is 0 Å². The molecule has 7 nitrogen and oxygen atoms in total. The molecule has 5 aromatic rings. The van der Waals surface area contributed by atoms with Crippen molar-refractivity contribution in [2.45, 2.75) is 0 Å². The monoisotopic (exact) mass is 419 g/mol. The highest BCUT2D eigenvalue weighted by Gasteiger charge is 2.24. The fourth-order valence-electron chi connectivity index (χ4n) is 3.27. The molecule has 0 saturated heterocycles. The van der Waals surface area contributed by atoms with Gasteiger partial charge in [-0.2, -0.15) is 0 Å². The van der Waals surface area contributed by atoms with Crippen LogP contribution < -0.4 is 5.32 Å². The van der Waals surface area contributed by atoms with Crippen molar-refractivity contribution in [2.24, 2.45) is 0 Å². The molecule has 0 fully saturated rings. The van der Waals surface area contributed by atoms with Crippen molar-refractivity contribution in [1.82, 2.24) is 0 Å². The first-order valence-corrected chi connectivity index (χ1v) is 9.75. The number of furan rings is 2. The number of aromatic carboxylic acids is 1. The number of carboxylic acid groups (broad SMARTS) is 1. The van der Waals surface area contributed by atoms with Crippen LogP contribution in [0.2, 0.25) is 0 Å². The lowest BCUT2D eigenvalue weighted by Gasteiger charge is -2.03. The smallest absolute Gasteiger partial charge is 0.339 e. The lowest BCUT2D eigenvalue weighted by atomic mass is 10.1. The van der Waals surface area contributed by atoms with Gasteiger partial charge in [-0.3, -0.25) is 4.79 Å². The zero-order chi connectivity index (χ0) is 20.8. The molecule has 2 aromatic carbocycles. The number of hydrogen-bond donors (Lipinski definition) is 3. The van der Waals surface area contributed by atoms with Gasteiger partial charge in [-0.15, -0.1) is 11.3 Å². The van der Waals surface area contributed by atoms with E-state index in [1.165, 1.54) is 12.1 Å². The topological polar surface area (TPSA) is 113 Å². The Labute approximate surface area is 172 Å². The summed E-state index contributed by atoms with van der Waals surface area (Å²) in [7, 11) is 0. The second kappa shape index (κ2) is 6.78. The Morgan fingerprint density at radius 2 is 1.73 bits per heavy atom. The van der Waals surface area contributed by atoms with E-state index in [1.54, 1.807) is 35.7 Å². The minimum atomic E-state index is -1.20. The number of rotatable bonds is 4. The SMILES string of the molecule is O=C(Nc1scc(-c2cc3cc(O)ccc3o2)c1C(=O)O)c1cc2ccccc2o1. The molecule has 0 unspecified atom stereocenters. The van der Waals surface area contributed by atoms with Crippen LogP contribution in [-0.2, 0) is 0 Å². The Kier molecular flexibility index (Phi) is 4.07. The van der Waals surface area contributed by atoms with E-state index in [2.05, 4.69) is 5.32 Å². The number of thiophene rings is 1. The van der Waals surface area contributed by atoms with Crippen LogP contribution in [0.4, 0.5) is 5.00 Å². The first-order valence-electron chi connectivity index (χ1n) is 8.87. The molecular weight excluding hydrogens is 406 g/mol. The predicted molar refractivity (Wildman–Crippen MR) is 112 cm³/mol. The molecule has 148 valence electrons. The van der Waals surface area contributed by atoms with Gasteiger partial charge in [0.2, 0.25) is 0 Å². The van der Waals surface area contributed by atoms with Crippen molar-refractivity contribution >= 4 is 50.2 Å². The number of aromatic hydroxyl groups is 1. The standard InChI is InChI=1S/C22H13NO6S/c24-13-5-6-16-12(7-13)9-17(28-16)14-10-30-21(19(14)22(26)27)23-20(25)18-8-11-3-1-2-4-15(11)29-18/h1-10,24H,(H,23,25)(H,26,27). The normalized spacial score (nSPS) is 11.2. The Hall–Kier alpha value is -4.04. The highest BCUT2D eigenvalue weighted by molar-refractivity contribution is 7.15. The molecule has 3 heterocycles. The Balaban J connectivity index is 1.52. The van der Waals surface area contributed by atoms with Crippen LogP contribution in [0.15, 0.2) is 68.8 Å². The Bertz CT molecular complexity index is 1410. The highest BCUT2D eigenvalue weighted by atomic mass is 32.1. The molecule has 0 radical (unpaired) electrons. The van der Waals surface area contributed by atoms with E-state index in [-0.39, 0.29) is 22.1 Å². The summed E-state index contributed by atoms with van der Waals surface area (Å²) in [5.41, 5.74) is 1.34. The van der Waals surface area contributed by atoms with Gasteiger partial charge in [0.15, 0.2) is 5.76 Å². The summed E-state index contributed by atoms with van der Waals surface area (Å²) >= 11 is 1.08. The zero-order valence-electron chi connectivity index (χ0n) is 15.2. The number of carbonyl (C=O) groups is 2. The largest absolute Gasteiger partial charge is 0.508 e. The Morgan fingerprint density at radius 1 is 0.933 bits per heavy atom. The second-order valence-electron chi connectivity index (χ2n) is 6.59. The van der Waals surface area contributed by atoms with E-state index in [9.17, 15) is 19.8 Å². The van der Waals surface area contributed by atoms with Crippen LogP contribution in [0.5, 0.6) is 5.75 Å². The summed E-state index contributed by atoms with van der Waals surface area (Å²) in [4.78, 5) is 24.6. The van der Waals surface area contributed by atoms with Gasteiger partial charge >= 0.3 is 5.97 Å². The van der Waals surface area contributed by atoms with Gasteiger partial charge < -0.3 is 24.4 Å². The summed E-state index contributed by atoms with van der Waals surface area (Å²) in [5.74, 6) is -1.25. The van der Waals surface area contributed by atoms with E-state index in [0.29, 0.717) is 27.9 Å². The maximum absolute atomic E-state index is 12.6. The molecule has 1 amide bonds. The van der Waals surface area contributed by atoms with Gasteiger partial charge in [0.25, 0.3) is 5.91 Å². The summed E-state index contributed by atoms with van der Waals surface area (Å²) in [6.45, 7) is 0. The molecule has 0 atom stereocenters. The molecule has 0 aliphatic carbocycles. The number of anilines is 1. The van der Waals surface area contributed by atoms with Gasteiger partial charge in [0.1, 0.15) is 33.2 Å². The third-order valence-corrected chi connectivity index (χ3v) is 5.54. The number of para-hydroxylation sites is 1. The maximum Gasteiger partial charge on any atom is 0.339 e. The minimum Gasteiger partial charge on any atom is -0.508 e. The molecule has 8 heteroatoms. The molecule has 5 rings (SSSR count). The van der Waals surface area contributed by atoms with Crippen LogP contribution in [0.3, 0.4) is 0 Å². The van der Waals surface area contributed by atoms with E-state index in [1.807, 2.05) is 12.1 Å². The molecular formula is C22H13NO6S. The molecule has 3 N–H and O–H groups in total. The number of carboxylic acids is 1. The van der Waals surface area contributed by atoms with Crippen molar-refractivity contribution in [3.05, 3.63) is 71.3 Å². The molecule has 0 bridgehead atoms. The third-order valence-electron chi connectivity index (χ3n) is 4.65. The molecule has 30 heavy (non-hydrogen) atoms. The number of benzene rings is 2. The van der Waals surface area contributed by atoms with Gasteiger partial charge in [0, 0.05) is 21.7 Å². The summed E-state index contributed by atoms with van der Waals surface area (Å²) in [5, 5.41) is 25.2. The molecule has 0 aliphatic rings. The van der Waals surface area contributed by atoms with Crippen LogP contribution in [0.1, 0.15) is 20.9 Å².